The van der Waals surface area contributed by atoms with Gasteiger partial charge in [-0.05, 0) is 51.0 Å². The number of nitrogens with one attached hydrogen (secondary N) is 1. The van der Waals surface area contributed by atoms with Gasteiger partial charge in [-0.3, -0.25) is 4.79 Å². The predicted molar refractivity (Wildman–Crippen MR) is 129 cm³/mol. The number of aryl methyl sites for hydroxylation is 1. The maximum absolute atomic E-state index is 13.0. The average Bonchev–Trinajstić information content (AvgIpc) is 3.17. The smallest absolute Gasteiger partial charge is 0.375 e. The number of para-hydroxylation sites is 1. The van der Waals surface area contributed by atoms with Gasteiger partial charge in [-0.2, -0.15) is 4.31 Å². The van der Waals surface area contributed by atoms with E-state index >= 15 is 0 Å². The standard InChI is InChI=1S/C24H25ClN2O6S/c1-15-18-8-4-5-9-21(18)33-22(15)24(29)32-16(2)23(28)26-20-14-17(10-11-19(20)25)34(30,31)27-12-6-3-7-13-27/h4-5,8-11,14,16H,3,6-7,12-13H2,1-2H3,(H,26,28). The molecule has 0 saturated carbocycles. The van der Waals surface area contributed by atoms with E-state index in [1.165, 1.54) is 29.4 Å². The molecule has 3 aromatic rings. The Bertz CT molecular complexity index is 1340. The third-order valence-electron chi connectivity index (χ3n) is 5.83. The summed E-state index contributed by atoms with van der Waals surface area (Å²) in [4.78, 5) is 25.4. The predicted octanol–water partition coefficient (Wildman–Crippen LogP) is 4.75. The Morgan fingerprint density at radius 1 is 1.12 bits per heavy atom. The molecule has 1 saturated heterocycles. The summed E-state index contributed by atoms with van der Waals surface area (Å²) in [5.41, 5.74) is 1.28. The van der Waals surface area contributed by atoms with E-state index in [1.807, 2.05) is 12.1 Å². The van der Waals surface area contributed by atoms with Crippen molar-refractivity contribution in [2.75, 3.05) is 18.4 Å². The van der Waals surface area contributed by atoms with E-state index < -0.39 is 28.0 Å². The first-order valence-corrected chi connectivity index (χ1v) is 12.8. The first-order chi connectivity index (χ1) is 16.2. The number of esters is 1. The van der Waals surface area contributed by atoms with Crippen molar-refractivity contribution in [2.45, 2.75) is 44.1 Å². The number of hydrogen-bond acceptors (Lipinski definition) is 6. The molecular weight excluding hydrogens is 480 g/mol. The fourth-order valence-corrected chi connectivity index (χ4v) is 5.59. The summed E-state index contributed by atoms with van der Waals surface area (Å²) < 4.78 is 38.3. The van der Waals surface area contributed by atoms with Crippen LogP contribution >= 0.6 is 11.6 Å². The summed E-state index contributed by atoms with van der Waals surface area (Å²) in [7, 11) is -3.70. The normalized spacial score (nSPS) is 15.7. The van der Waals surface area contributed by atoms with Crippen LogP contribution in [0, 0.1) is 6.92 Å². The molecule has 10 heteroatoms. The summed E-state index contributed by atoms with van der Waals surface area (Å²) >= 11 is 6.20. The summed E-state index contributed by atoms with van der Waals surface area (Å²) in [6.07, 6.45) is 1.44. The molecule has 2 aromatic carbocycles. The fourth-order valence-electron chi connectivity index (χ4n) is 3.89. The van der Waals surface area contributed by atoms with Crippen LogP contribution < -0.4 is 5.32 Å². The van der Waals surface area contributed by atoms with Gasteiger partial charge >= 0.3 is 5.97 Å². The molecule has 1 atom stereocenters. The van der Waals surface area contributed by atoms with Crippen LogP contribution in [-0.4, -0.2) is 43.8 Å². The molecule has 2 heterocycles. The molecule has 180 valence electrons. The lowest BCUT2D eigenvalue weighted by molar-refractivity contribution is -0.123. The third-order valence-corrected chi connectivity index (χ3v) is 8.05. The molecule has 1 unspecified atom stereocenters. The number of carbonyl (C=O) groups is 2. The molecule has 1 aromatic heterocycles. The van der Waals surface area contributed by atoms with Gasteiger partial charge in [0.05, 0.1) is 15.6 Å². The number of amides is 1. The van der Waals surface area contributed by atoms with Crippen LogP contribution in [0.15, 0.2) is 51.8 Å². The van der Waals surface area contributed by atoms with Gasteiger partial charge in [-0.25, -0.2) is 13.2 Å². The van der Waals surface area contributed by atoms with Crippen LogP contribution in [0.25, 0.3) is 11.0 Å². The van der Waals surface area contributed by atoms with Gasteiger partial charge in [0, 0.05) is 24.0 Å². The number of piperidine rings is 1. The highest BCUT2D eigenvalue weighted by molar-refractivity contribution is 7.89. The van der Waals surface area contributed by atoms with Crippen molar-refractivity contribution in [3.05, 3.63) is 58.8 Å². The molecule has 8 nitrogen and oxygen atoms in total. The summed E-state index contributed by atoms with van der Waals surface area (Å²) in [6.45, 7) is 4.07. The Morgan fingerprint density at radius 3 is 2.53 bits per heavy atom. The Morgan fingerprint density at radius 2 is 1.82 bits per heavy atom. The summed E-state index contributed by atoms with van der Waals surface area (Å²) in [6, 6.07) is 11.3. The first-order valence-electron chi connectivity index (χ1n) is 11.0. The molecule has 0 bridgehead atoms. The first kappa shape index (κ1) is 24.3. The van der Waals surface area contributed by atoms with Gasteiger partial charge in [-0.15, -0.1) is 0 Å². The molecule has 0 radical (unpaired) electrons. The number of sulfonamides is 1. The summed E-state index contributed by atoms with van der Waals surface area (Å²) in [5, 5.41) is 3.51. The lowest BCUT2D eigenvalue weighted by atomic mass is 10.1. The molecule has 0 spiro atoms. The van der Waals surface area contributed by atoms with Crippen LogP contribution in [0.2, 0.25) is 5.02 Å². The van der Waals surface area contributed by atoms with Crippen LogP contribution in [0.4, 0.5) is 5.69 Å². The van der Waals surface area contributed by atoms with Crippen LogP contribution in [0.3, 0.4) is 0 Å². The number of nitrogens with zero attached hydrogens (tertiary/aromatic N) is 1. The molecule has 0 aliphatic carbocycles. The number of anilines is 1. The van der Waals surface area contributed by atoms with E-state index in [9.17, 15) is 18.0 Å². The zero-order chi connectivity index (χ0) is 24.5. The lowest BCUT2D eigenvalue weighted by Crippen LogP contribution is -2.35. The minimum atomic E-state index is -3.70. The molecule has 1 aliphatic rings. The molecule has 1 aliphatic heterocycles. The molecule has 34 heavy (non-hydrogen) atoms. The van der Waals surface area contributed by atoms with Crippen LogP contribution in [0.1, 0.15) is 42.3 Å². The number of ether oxygens (including phenoxy) is 1. The van der Waals surface area contributed by atoms with Crippen molar-refractivity contribution in [2.24, 2.45) is 0 Å². The highest BCUT2D eigenvalue weighted by Crippen LogP contribution is 2.29. The van der Waals surface area contributed by atoms with Crippen molar-refractivity contribution in [1.82, 2.24) is 4.31 Å². The number of fused-ring (bicyclic) bond motifs is 1. The van der Waals surface area contributed by atoms with Crippen molar-refractivity contribution < 1.29 is 27.2 Å². The van der Waals surface area contributed by atoms with E-state index in [-0.39, 0.29) is 21.4 Å². The van der Waals surface area contributed by atoms with Gasteiger partial charge < -0.3 is 14.5 Å². The molecule has 4 rings (SSSR count). The quantitative estimate of drug-likeness (QED) is 0.485. The number of halogens is 1. The Balaban J connectivity index is 1.48. The molecular formula is C24H25ClN2O6S. The highest BCUT2D eigenvalue weighted by atomic mass is 35.5. The number of benzene rings is 2. The average molecular weight is 505 g/mol. The van der Waals surface area contributed by atoms with Crippen molar-refractivity contribution in [3.8, 4) is 0 Å². The zero-order valence-corrected chi connectivity index (χ0v) is 20.4. The molecule has 1 N–H and O–H groups in total. The van der Waals surface area contributed by atoms with Crippen LogP contribution in [0.5, 0.6) is 0 Å². The Kier molecular flexibility index (Phi) is 6.97. The molecule has 1 fully saturated rings. The maximum atomic E-state index is 13.0. The summed E-state index contributed by atoms with van der Waals surface area (Å²) in [5.74, 6) is -1.41. The number of carbonyl (C=O) groups excluding carboxylic acids is 2. The SMILES string of the molecule is Cc1c(C(=O)OC(C)C(=O)Nc2cc(S(=O)(=O)N3CCCCC3)ccc2Cl)oc2ccccc12. The van der Waals surface area contributed by atoms with Crippen molar-refractivity contribution in [3.63, 3.8) is 0 Å². The second-order valence-electron chi connectivity index (χ2n) is 8.20. The minimum Gasteiger partial charge on any atom is -0.449 e. The van der Waals surface area contributed by atoms with Gasteiger partial charge in [0.2, 0.25) is 15.8 Å². The number of hydrogen-bond donors (Lipinski definition) is 1. The number of furan rings is 1. The van der Waals surface area contributed by atoms with Gasteiger partial charge in [0.1, 0.15) is 5.58 Å². The Hall–Kier alpha value is -2.88. The third kappa shape index (κ3) is 4.82. The van der Waals surface area contributed by atoms with Crippen LogP contribution in [-0.2, 0) is 19.6 Å². The van der Waals surface area contributed by atoms with Crippen molar-refractivity contribution >= 4 is 50.2 Å². The largest absolute Gasteiger partial charge is 0.449 e. The Labute approximate surface area is 202 Å². The van der Waals surface area contributed by atoms with Gasteiger partial charge in [0.25, 0.3) is 5.91 Å². The van der Waals surface area contributed by atoms with E-state index in [2.05, 4.69) is 5.32 Å². The van der Waals surface area contributed by atoms with Crippen molar-refractivity contribution in [1.29, 1.82) is 0 Å². The minimum absolute atomic E-state index is 0.0218. The molecule has 1 amide bonds. The highest BCUT2D eigenvalue weighted by Gasteiger charge is 2.28. The van der Waals surface area contributed by atoms with Gasteiger partial charge in [0.15, 0.2) is 6.10 Å². The van der Waals surface area contributed by atoms with Gasteiger partial charge in [-0.1, -0.05) is 36.2 Å². The lowest BCUT2D eigenvalue weighted by Gasteiger charge is -2.26. The monoisotopic (exact) mass is 504 g/mol. The zero-order valence-electron chi connectivity index (χ0n) is 18.8. The number of rotatable bonds is 6. The van der Waals surface area contributed by atoms with E-state index in [4.69, 9.17) is 20.8 Å². The second-order valence-corrected chi connectivity index (χ2v) is 10.5. The second kappa shape index (κ2) is 9.77. The van der Waals surface area contributed by atoms with E-state index in [0.717, 1.165) is 24.6 Å². The van der Waals surface area contributed by atoms with E-state index in [1.54, 1.807) is 19.1 Å². The maximum Gasteiger partial charge on any atom is 0.375 e. The van der Waals surface area contributed by atoms with E-state index in [0.29, 0.717) is 24.2 Å². The fraction of sp³-hybridized carbons (Fsp3) is 0.333. The topological polar surface area (TPSA) is 106 Å².